The summed E-state index contributed by atoms with van der Waals surface area (Å²) in [4.78, 5) is 3.74. The smallest absolute Gasteiger partial charge is 0.205 e. The number of hydrogen-bond acceptors (Lipinski definition) is 5. The molecule has 5 nitrogen and oxygen atoms in total. The molecule has 0 radical (unpaired) electrons. The zero-order valence-electron chi connectivity index (χ0n) is 13.4. The van der Waals surface area contributed by atoms with Crippen LogP contribution in [-0.2, 0) is 6.67 Å². The lowest BCUT2D eigenvalue weighted by molar-refractivity contribution is -0.924. The van der Waals surface area contributed by atoms with E-state index in [4.69, 9.17) is 12.2 Å². The van der Waals surface area contributed by atoms with Crippen LogP contribution in [0.2, 0.25) is 0 Å². The Bertz CT molecular complexity index is 732. The molecule has 1 saturated heterocycles. The molecule has 3 rings (SSSR count). The van der Waals surface area contributed by atoms with Crippen LogP contribution in [0.3, 0.4) is 0 Å². The summed E-state index contributed by atoms with van der Waals surface area (Å²) in [6, 6.07) is 6.71. The van der Waals surface area contributed by atoms with E-state index in [-0.39, 0.29) is 5.82 Å². The van der Waals surface area contributed by atoms with Crippen molar-refractivity contribution in [2.24, 2.45) is 0 Å². The summed E-state index contributed by atoms with van der Waals surface area (Å²) in [7, 11) is 0. The van der Waals surface area contributed by atoms with Crippen LogP contribution in [0, 0.1) is 9.77 Å². The normalized spacial score (nSPS) is 15.5. The van der Waals surface area contributed by atoms with Crippen molar-refractivity contribution in [1.82, 2.24) is 9.78 Å². The molecule has 128 valence electrons. The Kier molecular flexibility index (Phi) is 5.60. The summed E-state index contributed by atoms with van der Waals surface area (Å²) in [5.74, 6) is -0.193. The summed E-state index contributed by atoms with van der Waals surface area (Å²) in [6.07, 6.45) is 1.80. The molecule has 0 aliphatic carbocycles. The van der Waals surface area contributed by atoms with Gasteiger partial charge in [-0.2, -0.15) is 4.68 Å². The van der Waals surface area contributed by atoms with Gasteiger partial charge < -0.3 is 15.1 Å². The fraction of sp³-hybridized carbons (Fsp3) is 0.375. The predicted octanol–water partition coefficient (Wildman–Crippen LogP) is 1.77. The van der Waals surface area contributed by atoms with Gasteiger partial charge in [-0.25, -0.2) is 4.39 Å². The first-order chi connectivity index (χ1) is 11.7. The number of hydrogen-bond donors (Lipinski definition) is 2. The SMILES string of the molecule is C=CCNc1nn(C[NH+]2CCN(c3ccc(F)cc3)CC2)c(=S)s1. The summed E-state index contributed by atoms with van der Waals surface area (Å²) < 4.78 is 15.7. The molecule has 0 bridgehead atoms. The molecule has 0 saturated carbocycles. The number of anilines is 2. The molecule has 1 aliphatic heterocycles. The van der Waals surface area contributed by atoms with Crippen molar-refractivity contribution in [1.29, 1.82) is 0 Å². The Morgan fingerprint density at radius 2 is 2.04 bits per heavy atom. The molecule has 0 spiro atoms. The van der Waals surface area contributed by atoms with Gasteiger partial charge in [-0.1, -0.05) is 17.4 Å². The van der Waals surface area contributed by atoms with Crippen LogP contribution in [0.1, 0.15) is 0 Å². The minimum atomic E-state index is -0.193. The minimum absolute atomic E-state index is 0.193. The maximum absolute atomic E-state index is 13.0. The number of piperazine rings is 1. The van der Waals surface area contributed by atoms with Crippen molar-refractivity contribution in [3.8, 4) is 0 Å². The van der Waals surface area contributed by atoms with Crippen LogP contribution >= 0.6 is 23.6 Å². The Balaban J connectivity index is 1.55. The fourth-order valence-electron chi connectivity index (χ4n) is 2.74. The lowest BCUT2D eigenvalue weighted by Gasteiger charge is -2.33. The van der Waals surface area contributed by atoms with Crippen LogP contribution in [0.15, 0.2) is 36.9 Å². The average molecular weight is 367 g/mol. The molecule has 1 aromatic heterocycles. The van der Waals surface area contributed by atoms with Gasteiger partial charge in [0.05, 0.1) is 26.2 Å². The zero-order chi connectivity index (χ0) is 16.9. The van der Waals surface area contributed by atoms with Gasteiger partial charge in [-0.05, 0) is 36.5 Å². The molecule has 0 atom stereocenters. The van der Waals surface area contributed by atoms with Crippen LogP contribution in [0.5, 0.6) is 0 Å². The molecule has 2 heterocycles. The molecule has 2 N–H and O–H groups in total. The van der Waals surface area contributed by atoms with Crippen molar-refractivity contribution < 1.29 is 9.29 Å². The largest absolute Gasteiger partial charge is 0.360 e. The highest BCUT2D eigenvalue weighted by Gasteiger charge is 2.21. The molecule has 1 fully saturated rings. The van der Waals surface area contributed by atoms with Gasteiger partial charge in [-0.3, -0.25) is 0 Å². The predicted molar refractivity (Wildman–Crippen MR) is 98.9 cm³/mol. The maximum Gasteiger partial charge on any atom is 0.205 e. The van der Waals surface area contributed by atoms with Crippen LogP contribution in [-0.4, -0.2) is 42.5 Å². The van der Waals surface area contributed by atoms with E-state index >= 15 is 0 Å². The van der Waals surface area contributed by atoms with Gasteiger partial charge in [0.1, 0.15) is 5.82 Å². The first-order valence-corrected chi connectivity index (χ1v) is 9.15. The van der Waals surface area contributed by atoms with E-state index in [9.17, 15) is 4.39 Å². The van der Waals surface area contributed by atoms with Gasteiger partial charge >= 0.3 is 0 Å². The van der Waals surface area contributed by atoms with Gasteiger partial charge in [0.15, 0.2) is 10.6 Å². The zero-order valence-corrected chi connectivity index (χ0v) is 15.0. The number of aromatic nitrogens is 2. The highest BCUT2D eigenvalue weighted by molar-refractivity contribution is 7.73. The number of nitrogens with zero attached hydrogens (tertiary/aromatic N) is 3. The molecule has 0 unspecified atom stereocenters. The Hall–Kier alpha value is -1.77. The van der Waals surface area contributed by atoms with Crippen molar-refractivity contribution in [3.63, 3.8) is 0 Å². The van der Waals surface area contributed by atoms with Gasteiger partial charge in [0, 0.05) is 12.2 Å². The highest BCUT2D eigenvalue weighted by Crippen LogP contribution is 2.15. The molecule has 1 aliphatic rings. The molecule has 8 heteroatoms. The van der Waals surface area contributed by atoms with Crippen LogP contribution in [0.25, 0.3) is 0 Å². The highest BCUT2D eigenvalue weighted by atomic mass is 32.1. The summed E-state index contributed by atoms with van der Waals surface area (Å²) in [5, 5.41) is 8.54. The summed E-state index contributed by atoms with van der Waals surface area (Å²) in [6.45, 7) is 9.05. The van der Waals surface area contributed by atoms with Crippen molar-refractivity contribution >= 4 is 34.4 Å². The second-order valence-electron chi connectivity index (χ2n) is 5.71. The molecule has 2 aromatic rings. The van der Waals surface area contributed by atoms with Gasteiger partial charge in [0.25, 0.3) is 0 Å². The number of rotatable bonds is 6. The molecular weight excluding hydrogens is 345 g/mol. The quantitative estimate of drug-likeness (QED) is 0.604. The second-order valence-corrected chi connectivity index (χ2v) is 7.34. The fourth-order valence-corrected chi connectivity index (χ4v) is 3.75. The number of benzene rings is 1. The van der Waals surface area contributed by atoms with E-state index in [0.29, 0.717) is 6.54 Å². The van der Waals surface area contributed by atoms with Gasteiger partial charge in [0.2, 0.25) is 5.13 Å². The van der Waals surface area contributed by atoms with Gasteiger partial charge in [-0.15, -0.1) is 11.7 Å². The van der Waals surface area contributed by atoms with E-state index in [2.05, 4.69) is 21.9 Å². The van der Waals surface area contributed by atoms with Crippen LogP contribution in [0.4, 0.5) is 15.2 Å². The third-order valence-electron chi connectivity index (χ3n) is 4.04. The van der Waals surface area contributed by atoms with Crippen LogP contribution < -0.4 is 15.1 Å². The first-order valence-electron chi connectivity index (χ1n) is 7.92. The van der Waals surface area contributed by atoms with E-state index in [1.165, 1.54) is 28.4 Å². The topological polar surface area (TPSA) is 37.5 Å². The molecule has 1 aromatic carbocycles. The summed E-state index contributed by atoms with van der Waals surface area (Å²) >= 11 is 6.89. The van der Waals surface area contributed by atoms with Crippen molar-refractivity contribution in [2.45, 2.75) is 6.67 Å². The lowest BCUT2D eigenvalue weighted by Crippen LogP contribution is -3.14. The maximum atomic E-state index is 13.0. The molecular formula is C16H21FN5S2+. The third kappa shape index (κ3) is 4.19. The second kappa shape index (κ2) is 7.87. The summed E-state index contributed by atoms with van der Waals surface area (Å²) in [5.41, 5.74) is 1.08. The van der Waals surface area contributed by atoms with E-state index in [0.717, 1.165) is 47.6 Å². The standard InChI is InChI=1S/C16H20FN5S2/c1-2-7-18-15-19-22(16(23)24-15)12-20-8-10-21(11-9-20)14-5-3-13(17)4-6-14/h2-6H,1,7-12H2,(H,18,19)/p+1. The number of quaternary nitrogens is 1. The van der Waals surface area contributed by atoms with Crippen molar-refractivity contribution in [2.75, 3.05) is 42.9 Å². The Morgan fingerprint density at radius 3 is 2.71 bits per heavy atom. The van der Waals surface area contributed by atoms with E-state index in [1.54, 1.807) is 6.08 Å². The first kappa shape index (κ1) is 17.1. The molecule has 24 heavy (non-hydrogen) atoms. The van der Waals surface area contributed by atoms with E-state index in [1.807, 2.05) is 16.8 Å². The molecule has 0 amide bonds. The Labute approximate surface area is 150 Å². The minimum Gasteiger partial charge on any atom is -0.360 e. The monoisotopic (exact) mass is 366 g/mol. The number of nitrogens with one attached hydrogen (secondary N) is 2. The average Bonchev–Trinajstić information content (AvgIpc) is 2.94. The number of halogens is 1. The van der Waals surface area contributed by atoms with Crippen molar-refractivity contribution in [3.05, 3.63) is 46.7 Å². The van der Waals surface area contributed by atoms with E-state index < -0.39 is 0 Å². The Morgan fingerprint density at radius 1 is 1.33 bits per heavy atom. The lowest BCUT2D eigenvalue weighted by atomic mass is 10.2. The third-order valence-corrected chi connectivity index (χ3v) is 5.31.